The van der Waals surface area contributed by atoms with Crippen LogP contribution < -0.4 is 10.5 Å². The van der Waals surface area contributed by atoms with Crippen molar-refractivity contribution in [1.29, 1.82) is 0 Å². The van der Waals surface area contributed by atoms with Crippen molar-refractivity contribution in [1.82, 2.24) is 10.2 Å². The lowest BCUT2D eigenvalue weighted by Gasteiger charge is -2.30. The molecule has 1 aliphatic heterocycles. The molecular formula is C11H19N3O3S. The Hall–Kier alpha value is -0.890. The molecule has 102 valence electrons. The van der Waals surface area contributed by atoms with Gasteiger partial charge in [-0.25, -0.2) is 13.6 Å². The number of hydrogen-bond acceptors (Lipinski definition) is 5. The molecule has 18 heavy (non-hydrogen) atoms. The summed E-state index contributed by atoms with van der Waals surface area (Å²) >= 11 is 0. The van der Waals surface area contributed by atoms with Crippen molar-refractivity contribution < 1.29 is 12.8 Å². The van der Waals surface area contributed by atoms with Crippen LogP contribution in [0.2, 0.25) is 0 Å². The number of rotatable bonds is 4. The molecule has 7 heteroatoms. The molecule has 1 unspecified atom stereocenters. The van der Waals surface area contributed by atoms with Gasteiger partial charge in [0.25, 0.3) is 10.0 Å². The second kappa shape index (κ2) is 5.40. The maximum atomic E-state index is 11.1. The minimum Gasteiger partial charge on any atom is -0.447 e. The highest BCUT2D eigenvalue weighted by atomic mass is 32.2. The van der Waals surface area contributed by atoms with Gasteiger partial charge in [-0.2, -0.15) is 0 Å². The van der Waals surface area contributed by atoms with Crippen LogP contribution in [0, 0.1) is 0 Å². The van der Waals surface area contributed by atoms with Gasteiger partial charge in [-0.15, -0.1) is 0 Å². The lowest BCUT2D eigenvalue weighted by Crippen LogP contribution is -2.43. The predicted molar refractivity (Wildman–Crippen MR) is 67.4 cm³/mol. The first-order valence-corrected chi connectivity index (χ1v) is 7.53. The highest BCUT2D eigenvalue weighted by molar-refractivity contribution is 7.89. The van der Waals surface area contributed by atoms with Crippen molar-refractivity contribution in [2.24, 2.45) is 5.14 Å². The standard InChI is InChI=1S/C11H19N3O3S/c1-14-6-2-3-9(8-14)13-7-10-4-5-11(17-10)18(12,15)16/h4-5,9,13H,2-3,6-8H2,1H3,(H2,12,15,16). The summed E-state index contributed by atoms with van der Waals surface area (Å²) in [5, 5.41) is 8.16. The number of primary sulfonamides is 1. The fourth-order valence-corrected chi connectivity index (χ4v) is 2.67. The number of hydrogen-bond donors (Lipinski definition) is 2. The molecule has 3 N–H and O–H groups in total. The Labute approximate surface area is 107 Å². The second-order valence-corrected chi connectivity index (χ2v) is 6.24. The van der Waals surface area contributed by atoms with E-state index in [9.17, 15) is 8.42 Å². The summed E-state index contributed by atoms with van der Waals surface area (Å²) in [6.45, 7) is 2.66. The number of likely N-dealkylation sites (N-methyl/N-ethyl adjacent to an activating group) is 1. The van der Waals surface area contributed by atoms with E-state index in [0.29, 0.717) is 18.3 Å². The van der Waals surface area contributed by atoms with Crippen molar-refractivity contribution in [2.75, 3.05) is 20.1 Å². The van der Waals surface area contributed by atoms with Gasteiger partial charge < -0.3 is 14.6 Å². The highest BCUT2D eigenvalue weighted by Crippen LogP contribution is 2.13. The van der Waals surface area contributed by atoms with Crippen LogP contribution in [-0.2, 0) is 16.6 Å². The Morgan fingerprint density at radius 3 is 2.94 bits per heavy atom. The smallest absolute Gasteiger partial charge is 0.271 e. The molecule has 0 bridgehead atoms. The molecule has 2 heterocycles. The van der Waals surface area contributed by atoms with Gasteiger partial charge in [0.15, 0.2) is 0 Å². The van der Waals surface area contributed by atoms with Gasteiger partial charge in [-0.3, -0.25) is 0 Å². The van der Waals surface area contributed by atoms with E-state index < -0.39 is 10.0 Å². The fraction of sp³-hybridized carbons (Fsp3) is 0.636. The minimum atomic E-state index is -3.74. The van der Waals surface area contributed by atoms with Crippen molar-refractivity contribution >= 4 is 10.0 Å². The zero-order valence-corrected chi connectivity index (χ0v) is 11.2. The number of nitrogens with one attached hydrogen (secondary N) is 1. The molecule has 1 aliphatic rings. The summed E-state index contributed by atoms with van der Waals surface area (Å²) in [4.78, 5) is 2.28. The number of furan rings is 1. The Bertz CT molecular complexity index is 497. The third-order valence-electron chi connectivity index (χ3n) is 3.11. The summed E-state index contributed by atoms with van der Waals surface area (Å²) < 4.78 is 27.3. The molecule has 6 nitrogen and oxygen atoms in total. The van der Waals surface area contributed by atoms with Gasteiger partial charge in [0.1, 0.15) is 5.76 Å². The lowest BCUT2D eigenvalue weighted by atomic mass is 10.1. The number of nitrogens with two attached hydrogens (primary N) is 1. The topological polar surface area (TPSA) is 88.6 Å². The second-order valence-electron chi connectivity index (χ2n) is 4.75. The van der Waals surface area contributed by atoms with Gasteiger partial charge in [0, 0.05) is 12.6 Å². The van der Waals surface area contributed by atoms with Gasteiger partial charge in [0.05, 0.1) is 6.54 Å². The lowest BCUT2D eigenvalue weighted by molar-refractivity contribution is 0.223. The Balaban J connectivity index is 1.88. The predicted octanol–water partition coefficient (Wildman–Crippen LogP) is 0.111. The SMILES string of the molecule is CN1CCCC(NCc2ccc(S(N)(=O)=O)o2)C1. The summed E-state index contributed by atoms with van der Waals surface area (Å²) in [5.74, 6) is 0.590. The molecule has 2 rings (SSSR count). The summed E-state index contributed by atoms with van der Waals surface area (Å²) in [7, 11) is -1.64. The van der Waals surface area contributed by atoms with Crippen LogP contribution in [-0.4, -0.2) is 39.5 Å². The van der Waals surface area contributed by atoms with Crippen LogP contribution in [0.4, 0.5) is 0 Å². The minimum absolute atomic E-state index is 0.180. The Morgan fingerprint density at radius 1 is 1.56 bits per heavy atom. The van der Waals surface area contributed by atoms with E-state index >= 15 is 0 Å². The molecule has 0 aliphatic carbocycles. The molecule has 1 fully saturated rings. The molecule has 1 aromatic rings. The first-order valence-electron chi connectivity index (χ1n) is 5.98. The molecule has 0 spiro atoms. The van der Waals surface area contributed by atoms with E-state index in [1.165, 1.54) is 12.5 Å². The number of sulfonamides is 1. The molecule has 0 aromatic carbocycles. The van der Waals surface area contributed by atoms with Crippen LogP contribution in [0.25, 0.3) is 0 Å². The maximum Gasteiger partial charge on any atom is 0.271 e. The molecule has 1 aromatic heterocycles. The molecule has 0 saturated carbocycles. The zero-order valence-electron chi connectivity index (χ0n) is 10.4. The third kappa shape index (κ3) is 3.55. The van der Waals surface area contributed by atoms with Crippen molar-refractivity contribution in [3.63, 3.8) is 0 Å². The first-order chi connectivity index (χ1) is 8.45. The van der Waals surface area contributed by atoms with Crippen LogP contribution in [0.5, 0.6) is 0 Å². The van der Waals surface area contributed by atoms with Gasteiger partial charge in [0.2, 0.25) is 5.09 Å². The monoisotopic (exact) mass is 273 g/mol. The highest BCUT2D eigenvalue weighted by Gasteiger charge is 2.18. The van der Waals surface area contributed by atoms with E-state index in [0.717, 1.165) is 19.5 Å². The van der Waals surface area contributed by atoms with Crippen molar-refractivity contribution in [3.05, 3.63) is 17.9 Å². The van der Waals surface area contributed by atoms with Gasteiger partial charge in [-0.1, -0.05) is 0 Å². The summed E-state index contributed by atoms with van der Waals surface area (Å²) in [6.07, 6.45) is 2.31. The van der Waals surface area contributed by atoms with Gasteiger partial charge in [-0.05, 0) is 38.6 Å². The Morgan fingerprint density at radius 2 is 2.33 bits per heavy atom. The van der Waals surface area contributed by atoms with Crippen molar-refractivity contribution in [2.45, 2.75) is 30.5 Å². The summed E-state index contributed by atoms with van der Waals surface area (Å²) in [6, 6.07) is 3.45. The van der Waals surface area contributed by atoms with E-state index in [-0.39, 0.29) is 5.09 Å². The number of likely N-dealkylation sites (tertiary alicyclic amines) is 1. The quantitative estimate of drug-likeness (QED) is 0.813. The van der Waals surface area contributed by atoms with E-state index in [1.807, 2.05) is 0 Å². The summed E-state index contributed by atoms with van der Waals surface area (Å²) in [5.41, 5.74) is 0. The van der Waals surface area contributed by atoms with E-state index in [1.54, 1.807) is 6.07 Å². The number of nitrogens with zero attached hydrogens (tertiary/aromatic N) is 1. The van der Waals surface area contributed by atoms with E-state index in [2.05, 4.69) is 17.3 Å². The largest absolute Gasteiger partial charge is 0.447 e. The van der Waals surface area contributed by atoms with Crippen molar-refractivity contribution in [3.8, 4) is 0 Å². The first kappa shape index (κ1) is 13.5. The third-order valence-corrected chi connectivity index (χ3v) is 3.89. The van der Waals surface area contributed by atoms with E-state index in [4.69, 9.17) is 9.56 Å². The van der Waals surface area contributed by atoms with Crippen LogP contribution in [0.1, 0.15) is 18.6 Å². The normalized spacial score (nSPS) is 22.2. The molecule has 1 saturated heterocycles. The van der Waals surface area contributed by atoms with Crippen LogP contribution >= 0.6 is 0 Å². The molecular weight excluding hydrogens is 254 g/mol. The van der Waals surface area contributed by atoms with Gasteiger partial charge >= 0.3 is 0 Å². The zero-order chi connectivity index (χ0) is 13.2. The molecule has 0 amide bonds. The maximum absolute atomic E-state index is 11.1. The number of piperidine rings is 1. The fourth-order valence-electron chi connectivity index (χ4n) is 2.18. The Kier molecular flexibility index (Phi) is 4.06. The molecule has 0 radical (unpaired) electrons. The average molecular weight is 273 g/mol. The average Bonchev–Trinajstić information content (AvgIpc) is 2.74. The molecule has 1 atom stereocenters. The van der Waals surface area contributed by atoms with Crippen LogP contribution in [0.15, 0.2) is 21.6 Å². The van der Waals surface area contributed by atoms with Crippen LogP contribution in [0.3, 0.4) is 0 Å².